The van der Waals surface area contributed by atoms with Gasteiger partial charge in [-0.05, 0) is 69.6 Å². The summed E-state index contributed by atoms with van der Waals surface area (Å²) < 4.78 is 23.4. The van der Waals surface area contributed by atoms with Crippen molar-refractivity contribution in [1.82, 2.24) is 28.8 Å². The standard InChI is InChI=1S/C16H25BN4O6.C8H12BNO3.C8H11N3O4/c1-17(25)20-5-2-11(3-6-20)8-13(23)18-12-4-7-21(16(24)19-12)14-10-26-15(9-22)27-14;9-8(13)10-3-1-6(2-4-10)5-7(11)12;9-5-1-2-11(8(13)10-5)6-4-14-7(3-12)15-6/h4,7,11,14-15,22,25H,2-3,5-6,8-10H2,1H3,(H,18,19,23,24);6H,1-5H2,(H,11,12);1-2,6-7,12H,3-4H2,(H2,9,10,13)/t14-,15-;;6-,7-/m0.0/s1. The Morgan fingerprint density at radius 1 is 0.873 bits per heavy atom. The number of carboxylic acid groups (broad SMARTS) is 1. The summed E-state index contributed by atoms with van der Waals surface area (Å²) in [5.41, 5.74) is 4.28. The van der Waals surface area contributed by atoms with Crippen molar-refractivity contribution in [2.45, 2.75) is 70.4 Å². The molecule has 4 aliphatic heterocycles. The van der Waals surface area contributed by atoms with Gasteiger partial charge in [0.15, 0.2) is 30.8 Å². The van der Waals surface area contributed by atoms with Crippen LogP contribution in [-0.2, 0) is 28.5 Å². The van der Waals surface area contributed by atoms with E-state index in [-0.39, 0.29) is 62.2 Å². The lowest BCUT2D eigenvalue weighted by Crippen LogP contribution is -2.43. The van der Waals surface area contributed by atoms with E-state index < -0.39 is 55.2 Å². The first-order chi connectivity index (χ1) is 26.3. The maximum Gasteiger partial charge on any atom is 0.376 e. The number of aliphatic carboxylic acids is 1. The summed E-state index contributed by atoms with van der Waals surface area (Å²) >= 11 is 0. The minimum Gasteiger partial charge on any atom is -0.481 e. The van der Waals surface area contributed by atoms with Gasteiger partial charge in [0.25, 0.3) is 0 Å². The minimum absolute atomic E-state index is 0.143. The average Bonchev–Trinajstić information content (AvgIpc) is 3.83. The largest absolute Gasteiger partial charge is 0.481 e. The van der Waals surface area contributed by atoms with Gasteiger partial charge in [-0.2, -0.15) is 9.97 Å². The Kier molecular flexibility index (Phi) is 16.8. The molecular weight excluding hydrogens is 726 g/mol. The molecule has 2 amide bonds. The van der Waals surface area contributed by atoms with Gasteiger partial charge in [0.1, 0.15) is 11.6 Å². The van der Waals surface area contributed by atoms with E-state index in [1.54, 1.807) is 11.7 Å². The molecule has 0 aromatic carbocycles. The lowest BCUT2D eigenvalue weighted by molar-refractivity contribution is -0.138. The van der Waals surface area contributed by atoms with E-state index in [0.29, 0.717) is 19.5 Å². The molecule has 7 N–H and O–H groups in total. The molecule has 2 aromatic rings. The van der Waals surface area contributed by atoms with Crippen LogP contribution < -0.4 is 22.4 Å². The fourth-order valence-electron chi connectivity index (χ4n) is 6.31. The van der Waals surface area contributed by atoms with Gasteiger partial charge < -0.3 is 60.1 Å². The molecule has 0 bridgehead atoms. The molecule has 0 spiro atoms. The Bertz CT molecular complexity index is 1690. The Hall–Kier alpha value is -4.22. The van der Waals surface area contributed by atoms with Crippen molar-refractivity contribution >= 4 is 44.2 Å². The number of carbonyl (C=O) groups is 3. The molecule has 4 fully saturated rings. The molecule has 6 rings (SSSR count). The van der Waals surface area contributed by atoms with E-state index in [9.17, 15) is 29.0 Å². The van der Waals surface area contributed by atoms with Crippen molar-refractivity contribution in [2.24, 2.45) is 11.8 Å². The number of ether oxygens (including phenoxy) is 4. The number of piperidine rings is 2. The molecule has 55 heavy (non-hydrogen) atoms. The fourth-order valence-corrected chi connectivity index (χ4v) is 6.31. The number of aromatic nitrogens is 4. The number of aliphatic hydroxyl groups is 2. The zero-order valence-electron chi connectivity index (χ0n) is 30.6. The summed E-state index contributed by atoms with van der Waals surface area (Å²) in [6.07, 6.45) is 4.08. The predicted molar refractivity (Wildman–Crippen MR) is 194 cm³/mol. The molecule has 4 aliphatic rings. The van der Waals surface area contributed by atoms with E-state index in [2.05, 4.69) is 15.3 Å². The molecule has 6 heterocycles. The van der Waals surface area contributed by atoms with E-state index in [1.165, 1.54) is 33.7 Å². The van der Waals surface area contributed by atoms with Crippen LogP contribution >= 0.6 is 0 Å². The Balaban J connectivity index is 0.000000202. The van der Waals surface area contributed by atoms with Gasteiger partial charge in [-0.3, -0.25) is 23.5 Å². The number of anilines is 2. The molecule has 300 valence electrons. The molecule has 4 atom stereocenters. The molecule has 21 nitrogen and oxygen atoms in total. The quantitative estimate of drug-likeness (QED) is 0.148. The smallest absolute Gasteiger partial charge is 0.376 e. The van der Waals surface area contributed by atoms with E-state index in [4.69, 9.17) is 47.8 Å². The van der Waals surface area contributed by atoms with Crippen LogP contribution in [0.4, 0.5) is 16.4 Å². The van der Waals surface area contributed by atoms with Crippen molar-refractivity contribution in [3.05, 3.63) is 45.5 Å². The highest BCUT2D eigenvalue weighted by molar-refractivity contribution is 6.56. The van der Waals surface area contributed by atoms with Gasteiger partial charge in [-0.15, -0.1) is 0 Å². The van der Waals surface area contributed by atoms with E-state index in [1.807, 2.05) is 4.81 Å². The average molecular weight is 774 g/mol. The van der Waals surface area contributed by atoms with Gasteiger partial charge in [0.2, 0.25) is 13.8 Å². The first-order valence-corrected chi connectivity index (χ1v) is 17.9. The molecule has 0 saturated carbocycles. The SMILES string of the molecule is CB(O)N1CCC(CC(=O)Nc2ccn([C@@H]3CO[C@H](CO)O3)c(=O)n2)CC1.Nc1ccn([C@@H]2CO[C@H](CO)O2)c(=O)n1.[B]C(=O)N1CCC(CC(=O)O)CC1. The molecule has 4 saturated heterocycles. The van der Waals surface area contributed by atoms with Crippen molar-refractivity contribution in [2.75, 3.05) is 63.7 Å². The number of aliphatic hydroxyl groups excluding tert-OH is 2. The highest BCUT2D eigenvalue weighted by atomic mass is 16.7. The van der Waals surface area contributed by atoms with Gasteiger partial charge in [0.05, 0.1) is 26.4 Å². The summed E-state index contributed by atoms with van der Waals surface area (Å²) in [5, 5.41) is 38.5. The molecule has 2 aromatic heterocycles. The third-order valence-corrected chi connectivity index (χ3v) is 9.38. The number of carbonyl (C=O) groups excluding carboxylic acids is 2. The number of hydrogen-bond donors (Lipinski definition) is 6. The van der Waals surface area contributed by atoms with Crippen LogP contribution in [0.3, 0.4) is 0 Å². The first-order valence-electron chi connectivity index (χ1n) is 17.9. The van der Waals surface area contributed by atoms with Crippen LogP contribution in [0, 0.1) is 11.8 Å². The topological polar surface area (TPSA) is 283 Å². The van der Waals surface area contributed by atoms with Crippen LogP contribution in [0.5, 0.6) is 0 Å². The monoisotopic (exact) mass is 774 g/mol. The maximum atomic E-state index is 12.2. The number of nitrogens with two attached hydrogens (primary N) is 1. The van der Waals surface area contributed by atoms with Gasteiger partial charge in [-0.1, -0.05) is 0 Å². The number of hydrogen-bond acceptors (Lipinski definition) is 16. The van der Waals surface area contributed by atoms with Crippen LogP contribution in [0.15, 0.2) is 34.1 Å². The number of nitrogen functional groups attached to an aromatic ring is 1. The molecule has 0 aliphatic carbocycles. The number of rotatable bonds is 10. The second-order valence-electron chi connectivity index (χ2n) is 13.3. The minimum atomic E-state index is -0.766. The zero-order chi connectivity index (χ0) is 40.1. The van der Waals surface area contributed by atoms with Crippen LogP contribution in [0.25, 0.3) is 0 Å². The second-order valence-corrected chi connectivity index (χ2v) is 13.3. The molecule has 2 radical (unpaired) electrons. The predicted octanol–water partition coefficient (Wildman–Crippen LogP) is -1.59. The lowest BCUT2D eigenvalue weighted by Gasteiger charge is -2.32. The second kappa shape index (κ2) is 21.2. The van der Waals surface area contributed by atoms with Crippen LogP contribution in [0.2, 0.25) is 6.82 Å². The third kappa shape index (κ3) is 13.5. The van der Waals surface area contributed by atoms with Crippen molar-refractivity contribution in [1.29, 1.82) is 0 Å². The van der Waals surface area contributed by atoms with Crippen LogP contribution in [0.1, 0.15) is 51.0 Å². The number of nitrogens with one attached hydrogen (secondary N) is 1. The first kappa shape index (κ1) is 43.5. The highest BCUT2D eigenvalue weighted by Crippen LogP contribution is 2.23. The summed E-state index contributed by atoms with van der Waals surface area (Å²) in [4.78, 5) is 67.9. The normalized spacial score (nSPS) is 23.2. The lowest BCUT2D eigenvalue weighted by atomic mass is 9.80. The number of nitrogens with zero attached hydrogens (tertiary/aromatic N) is 6. The molecule has 23 heteroatoms. The fraction of sp³-hybridized carbons (Fsp3) is 0.656. The summed E-state index contributed by atoms with van der Waals surface area (Å²) in [6.45, 7) is 4.27. The zero-order valence-corrected chi connectivity index (χ0v) is 30.6. The van der Waals surface area contributed by atoms with Crippen molar-refractivity contribution in [3.8, 4) is 0 Å². The van der Waals surface area contributed by atoms with Crippen molar-refractivity contribution in [3.63, 3.8) is 0 Å². The summed E-state index contributed by atoms with van der Waals surface area (Å²) in [7, 11) is 4.62. The van der Waals surface area contributed by atoms with E-state index >= 15 is 0 Å². The highest BCUT2D eigenvalue weighted by Gasteiger charge is 2.29. The Morgan fingerprint density at radius 3 is 1.84 bits per heavy atom. The third-order valence-electron chi connectivity index (χ3n) is 9.38. The molecular formula is C32H48B2N8O13. The van der Waals surface area contributed by atoms with E-state index in [0.717, 1.165) is 38.8 Å². The van der Waals surface area contributed by atoms with Gasteiger partial charge >= 0.3 is 24.4 Å². The Labute approximate surface area is 317 Å². The number of likely N-dealkylation sites (tertiary alicyclic amines) is 1. The van der Waals surface area contributed by atoms with Crippen LogP contribution in [-0.4, -0.2) is 147 Å². The van der Waals surface area contributed by atoms with Crippen molar-refractivity contribution < 1.29 is 53.7 Å². The maximum absolute atomic E-state index is 12.2. The number of carboxylic acids is 1. The summed E-state index contributed by atoms with van der Waals surface area (Å²) in [6, 6.07) is 3.03. The number of amides is 2. The molecule has 0 unspecified atom stereocenters. The van der Waals surface area contributed by atoms with Gasteiger partial charge in [0, 0.05) is 38.3 Å². The Morgan fingerprint density at radius 2 is 1.38 bits per heavy atom. The van der Waals surface area contributed by atoms with Gasteiger partial charge in [-0.25, -0.2) is 9.59 Å². The summed E-state index contributed by atoms with van der Waals surface area (Å²) in [5.74, 6) is -0.552.